The predicted molar refractivity (Wildman–Crippen MR) is 96.7 cm³/mol. The maximum absolute atomic E-state index is 12.9. The number of hydrogen-bond acceptors (Lipinski definition) is 3. The lowest BCUT2D eigenvalue weighted by atomic mass is 10.00. The molecule has 4 rings (SSSR count). The van der Waals surface area contributed by atoms with Gasteiger partial charge in [-0.1, -0.05) is 11.6 Å². The Morgan fingerprint density at radius 1 is 1.24 bits per heavy atom. The van der Waals surface area contributed by atoms with Crippen molar-refractivity contribution in [3.05, 3.63) is 40.6 Å². The molecule has 0 spiro atoms. The number of hydrogen-bond donors (Lipinski definition) is 2. The second-order valence-electron chi connectivity index (χ2n) is 7.36. The van der Waals surface area contributed by atoms with E-state index in [-0.39, 0.29) is 17.9 Å². The number of pyridine rings is 1. The van der Waals surface area contributed by atoms with Gasteiger partial charge < -0.3 is 10.6 Å². The van der Waals surface area contributed by atoms with Gasteiger partial charge in [0.15, 0.2) is 0 Å². The summed E-state index contributed by atoms with van der Waals surface area (Å²) in [6, 6.07) is 6.15. The lowest BCUT2D eigenvalue weighted by Crippen LogP contribution is -2.38. The first kappa shape index (κ1) is 16.1. The average Bonchev–Trinajstić information content (AvgIpc) is 3.34. The lowest BCUT2D eigenvalue weighted by molar-refractivity contribution is -0.119. The van der Waals surface area contributed by atoms with Gasteiger partial charge in [-0.3, -0.25) is 14.6 Å². The normalized spacial score (nSPS) is 19.9. The number of benzene rings is 1. The molecule has 2 fully saturated rings. The van der Waals surface area contributed by atoms with Crippen molar-refractivity contribution in [2.24, 2.45) is 0 Å². The summed E-state index contributed by atoms with van der Waals surface area (Å²) in [5.41, 5.74) is 4.88. The first-order valence-corrected chi connectivity index (χ1v) is 9.00. The maximum atomic E-state index is 12.9. The minimum absolute atomic E-state index is 0.0379. The van der Waals surface area contributed by atoms with Gasteiger partial charge in [-0.25, -0.2) is 0 Å². The van der Waals surface area contributed by atoms with Crippen molar-refractivity contribution in [2.75, 3.05) is 6.54 Å². The van der Waals surface area contributed by atoms with Crippen molar-refractivity contribution in [1.29, 1.82) is 0 Å². The van der Waals surface area contributed by atoms with E-state index >= 15 is 0 Å². The fourth-order valence-electron chi connectivity index (χ4n) is 3.62. The smallest absolute Gasteiger partial charge is 0.252 e. The SMILES string of the molecule is Cc1cc(C)c2nc(C3CC3)cc(C(=O)NCC3CCC(=O)N3)c2c1. The van der Waals surface area contributed by atoms with Crippen LogP contribution in [0, 0.1) is 13.8 Å². The molecule has 130 valence electrons. The quantitative estimate of drug-likeness (QED) is 0.901. The first-order valence-electron chi connectivity index (χ1n) is 9.00. The highest BCUT2D eigenvalue weighted by molar-refractivity contribution is 6.07. The van der Waals surface area contributed by atoms with Crippen LogP contribution in [0.15, 0.2) is 18.2 Å². The van der Waals surface area contributed by atoms with Crippen LogP contribution in [0.3, 0.4) is 0 Å². The molecule has 1 aliphatic heterocycles. The Morgan fingerprint density at radius 3 is 2.72 bits per heavy atom. The summed E-state index contributed by atoms with van der Waals surface area (Å²) >= 11 is 0. The molecule has 1 unspecified atom stereocenters. The Kier molecular flexibility index (Phi) is 3.94. The van der Waals surface area contributed by atoms with Gasteiger partial charge in [0.1, 0.15) is 0 Å². The van der Waals surface area contributed by atoms with E-state index in [9.17, 15) is 9.59 Å². The van der Waals surface area contributed by atoms with E-state index in [4.69, 9.17) is 4.98 Å². The minimum atomic E-state index is -0.0829. The molecule has 5 nitrogen and oxygen atoms in total. The number of nitrogens with zero attached hydrogens (tertiary/aromatic N) is 1. The van der Waals surface area contributed by atoms with Crippen molar-refractivity contribution < 1.29 is 9.59 Å². The third-order valence-corrected chi connectivity index (χ3v) is 5.10. The van der Waals surface area contributed by atoms with Crippen LogP contribution >= 0.6 is 0 Å². The Labute approximate surface area is 147 Å². The van der Waals surface area contributed by atoms with E-state index < -0.39 is 0 Å². The number of carbonyl (C=O) groups is 2. The molecule has 25 heavy (non-hydrogen) atoms. The minimum Gasteiger partial charge on any atom is -0.352 e. The zero-order valence-corrected chi connectivity index (χ0v) is 14.7. The van der Waals surface area contributed by atoms with E-state index in [2.05, 4.69) is 23.6 Å². The molecule has 1 aliphatic carbocycles. The van der Waals surface area contributed by atoms with E-state index in [0.29, 0.717) is 24.4 Å². The summed E-state index contributed by atoms with van der Waals surface area (Å²) in [6.07, 6.45) is 3.63. The lowest BCUT2D eigenvalue weighted by Gasteiger charge is -2.14. The number of nitrogens with one attached hydrogen (secondary N) is 2. The fourth-order valence-corrected chi connectivity index (χ4v) is 3.62. The summed E-state index contributed by atoms with van der Waals surface area (Å²) in [6.45, 7) is 4.56. The zero-order valence-electron chi connectivity index (χ0n) is 14.7. The van der Waals surface area contributed by atoms with Crippen LogP contribution in [-0.4, -0.2) is 29.4 Å². The van der Waals surface area contributed by atoms with Crippen molar-refractivity contribution in [1.82, 2.24) is 15.6 Å². The molecule has 2 N–H and O–H groups in total. The molecule has 2 amide bonds. The van der Waals surface area contributed by atoms with Gasteiger partial charge in [0.2, 0.25) is 5.91 Å². The molecule has 0 bridgehead atoms. The number of amides is 2. The molecular weight excluding hydrogens is 314 g/mol. The van der Waals surface area contributed by atoms with Crippen molar-refractivity contribution in [3.63, 3.8) is 0 Å². The largest absolute Gasteiger partial charge is 0.352 e. The Bertz CT molecular complexity index is 871. The molecule has 2 heterocycles. The topological polar surface area (TPSA) is 71.1 Å². The highest BCUT2D eigenvalue weighted by Crippen LogP contribution is 2.40. The molecule has 0 radical (unpaired) electrons. The van der Waals surface area contributed by atoms with Gasteiger partial charge in [-0.15, -0.1) is 0 Å². The van der Waals surface area contributed by atoms with E-state index in [0.717, 1.165) is 47.0 Å². The third-order valence-electron chi connectivity index (χ3n) is 5.10. The van der Waals surface area contributed by atoms with Crippen LogP contribution in [0.5, 0.6) is 0 Å². The summed E-state index contributed by atoms with van der Waals surface area (Å²) < 4.78 is 0. The predicted octanol–water partition coefficient (Wildman–Crippen LogP) is 2.74. The standard InChI is InChI=1S/C20H23N3O2/c1-11-7-12(2)19-15(8-11)16(9-17(23-19)13-3-4-13)20(25)21-10-14-5-6-18(24)22-14/h7-9,13-14H,3-6,10H2,1-2H3,(H,21,25)(H,22,24). The summed E-state index contributed by atoms with van der Waals surface area (Å²) in [4.78, 5) is 29.0. The molecule has 5 heteroatoms. The van der Waals surface area contributed by atoms with Gasteiger partial charge in [-0.05, 0) is 50.8 Å². The summed E-state index contributed by atoms with van der Waals surface area (Å²) in [5.74, 6) is 0.474. The Balaban J connectivity index is 1.66. The van der Waals surface area contributed by atoms with E-state index in [1.807, 2.05) is 19.1 Å². The first-order chi connectivity index (χ1) is 12.0. The number of carbonyl (C=O) groups excluding carboxylic acids is 2. The highest BCUT2D eigenvalue weighted by atomic mass is 16.2. The summed E-state index contributed by atoms with van der Waals surface area (Å²) in [5, 5.41) is 6.80. The van der Waals surface area contributed by atoms with Crippen molar-refractivity contribution in [3.8, 4) is 0 Å². The van der Waals surface area contributed by atoms with Gasteiger partial charge in [0, 0.05) is 36.0 Å². The highest BCUT2D eigenvalue weighted by Gasteiger charge is 2.28. The number of aryl methyl sites for hydroxylation is 2. The van der Waals surface area contributed by atoms with E-state index in [1.54, 1.807) is 0 Å². The molecular formula is C20H23N3O2. The second-order valence-corrected chi connectivity index (χ2v) is 7.36. The van der Waals surface area contributed by atoms with Crippen LogP contribution in [0.25, 0.3) is 10.9 Å². The number of rotatable bonds is 4. The van der Waals surface area contributed by atoms with E-state index in [1.165, 1.54) is 0 Å². The zero-order chi connectivity index (χ0) is 17.6. The van der Waals surface area contributed by atoms with Gasteiger partial charge in [0.25, 0.3) is 5.91 Å². The monoisotopic (exact) mass is 337 g/mol. The number of aromatic nitrogens is 1. The molecule has 1 aromatic carbocycles. The summed E-state index contributed by atoms with van der Waals surface area (Å²) in [7, 11) is 0. The van der Waals surface area contributed by atoms with Crippen LogP contribution in [-0.2, 0) is 4.79 Å². The number of fused-ring (bicyclic) bond motifs is 1. The van der Waals surface area contributed by atoms with Gasteiger partial charge in [-0.2, -0.15) is 0 Å². The van der Waals surface area contributed by atoms with Gasteiger partial charge >= 0.3 is 0 Å². The second kappa shape index (κ2) is 6.14. The van der Waals surface area contributed by atoms with Gasteiger partial charge in [0.05, 0.1) is 11.1 Å². The van der Waals surface area contributed by atoms with Crippen LogP contribution in [0.2, 0.25) is 0 Å². The fraction of sp³-hybridized carbons (Fsp3) is 0.450. The third kappa shape index (κ3) is 3.23. The molecule has 1 saturated heterocycles. The van der Waals surface area contributed by atoms with Crippen molar-refractivity contribution >= 4 is 22.7 Å². The van der Waals surface area contributed by atoms with Crippen LogP contribution < -0.4 is 10.6 Å². The molecule has 1 saturated carbocycles. The average molecular weight is 337 g/mol. The Hall–Kier alpha value is -2.43. The maximum Gasteiger partial charge on any atom is 0.252 e. The Morgan fingerprint density at radius 2 is 2.04 bits per heavy atom. The molecule has 1 aromatic heterocycles. The molecule has 1 atom stereocenters. The molecule has 2 aliphatic rings. The molecule has 2 aromatic rings. The van der Waals surface area contributed by atoms with Crippen LogP contribution in [0.1, 0.15) is 58.8 Å². The van der Waals surface area contributed by atoms with Crippen molar-refractivity contribution in [2.45, 2.75) is 51.5 Å². The van der Waals surface area contributed by atoms with Crippen LogP contribution in [0.4, 0.5) is 0 Å².